The third kappa shape index (κ3) is 6.34. The Morgan fingerprint density at radius 3 is 2.45 bits per heavy atom. The number of hydrogen-bond donors (Lipinski definition) is 3. The zero-order chi connectivity index (χ0) is 22.4. The first-order valence-electron chi connectivity index (χ1n) is 10.2. The van der Waals surface area contributed by atoms with E-state index in [1.54, 1.807) is 0 Å². The second-order valence-corrected chi connectivity index (χ2v) is 7.71. The molecular weight excluding hydrogens is 404 g/mol. The molecule has 2 aromatic carbocycles. The molecule has 3 atom stereocenters. The van der Waals surface area contributed by atoms with Gasteiger partial charge >= 0.3 is 0 Å². The Morgan fingerprint density at radius 2 is 1.77 bits per heavy atom. The smallest absolute Gasteiger partial charge is 0.243 e. The van der Waals surface area contributed by atoms with Gasteiger partial charge in [-0.1, -0.05) is 30.3 Å². The van der Waals surface area contributed by atoms with E-state index in [-0.39, 0.29) is 23.9 Å². The lowest BCUT2D eigenvalue weighted by Crippen LogP contribution is -2.52. The summed E-state index contributed by atoms with van der Waals surface area (Å²) in [6.45, 7) is 1.49. The second kappa shape index (κ2) is 10.1. The predicted molar refractivity (Wildman–Crippen MR) is 111 cm³/mol. The molecule has 3 rings (SSSR count). The van der Waals surface area contributed by atoms with E-state index in [0.717, 1.165) is 36.6 Å². The van der Waals surface area contributed by atoms with Crippen LogP contribution in [0.15, 0.2) is 48.5 Å². The molecule has 1 aliphatic heterocycles. The Kier molecular flexibility index (Phi) is 7.33. The van der Waals surface area contributed by atoms with Gasteiger partial charge in [0.05, 0.1) is 12.5 Å². The first-order valence-corrected chi connectivity index (χ1v) is 10.2. The summed E-state index contributed by atoms with van der Waals surface area (Å²) < 4.78 is 26.5. The van der Waals surface area contributed by atoms with Crippen molar-refractivity contribution in [1.29, 1.82) is 0 Å². The fraction of sp³-hybridized carbons (Fsp3) is 0.348. The van der Waals surface area contributed by atoms with Gasteiger partial charge in [0.15, 0.2) is 0 Å². The highest BCUT2D eigenvalue weighted by Crippen LogP contribution is 2.23. The van der Waals surface area contributed by atoms with Crippen LogP contribution in [-0.2, 0) is 20.8 Å². The fourth-order valence-corrected chi connectivity index (χ4v) is 3.63. The Balaban J connectivity index is 1.52. The summed E-state index contributed by atoms with van der Waals surface area (Å²) >= 11 is 0. The third-order valence-electron chi connectivity index (χ3n) is 5.19. The molecule has 0 saturated carbocycles. The first kappa shape index (κ1) is 22.4. The van der Waals surface area contributed by atoms with E-state index in [1.165, 1.54) is 6.92 Å². The van der Waals surface area contributed by atoms with Crippen molar-refractivity contribution in [2.75, 3.05) is 0 Å². The highest BCUT2D eigenvalue weighted by molar-refractivity contribution is 5.92. The van der Waals surface area contributed by atoms with E-state index in [4.69, 9.17) is 0 Å². The summed E-state index contributed by atoms with van der Waals surface area (Å²) in [4.78, 5) is 37.2. The molecule has 8 heteroatoms. The Labute approximate surface area is 179 Å². The summed E-state index contributed by atoms with van der Waals surface area (Å²) in [7, 11) is 0. The van der Waals surface area contributed by atoms with Crippen LogP contribution in [0.25, 0.3) is 0 Å². The van der Waals surface area contributed by atoms with Crippen LogP contribution in [0.5, 0.6) is 0 Å². The number of amides is 3. The van der Waals surface area contributed by atoms with Crippen LogP contribution in [0.4, 0.5) is 8.78 Å². The topological polar surface area (TPSA) is 87.3 Å². The van der Waals surface area contributed by atoms with E-state index in [9.17, 15) is 23.2 Å². The minimum atomic E-state index is -0.910. The number of carbonyl (C=O) groups is 3. The normalized spacial score (nSPS) is 19.6. The van der Waals surface area contributed by atoms with Gasteiger partial charge in [0.1, 0.15) is 23.7 Å². The molecule has 3 amide bonds. The van der Waals surface area contributed by atoms with E-state index < -0.39 is 35.5 Å². The molecule has 0 aliphatic carbocycles. The van der Waals surface area contributed by atoms with Crippen molar-refractivity contribution in [3.63, 3.8) is 0 Å². The standard InChI is InChI=1S/C23H25F2N3O3/c1-14(26-21(29)12-15-10-17(24)13-18(25)11-15)22(30)28-20-9-5-8-19(27-23(20)31)16-6-3-2-4-7-16/h2-4,6-7,10-11,13-14,19-20H,5,8-9,12H2,1H3,(H,26,29)(H,27,31)(H,28,30)/t14-,19-,20-/m0/s1. The van der Waals surface area contributed by atoms with Crippen molar-refractivity contribution in [3.05, 3.63) is 71.3 Å². The van der Waals surface area contributed by atoms with Gasteiger partial charge in [-0.2, -0.15) is 0 Å². The van der Waals surface area contributed by atoms with Crippen molar-refractivity contribution in [2.45, 2.75) is 50.7 Å². The Hall–Kier alpha value is -3.29. The average molecular weight is 429 g/mol. The van der Waals surface area contributed by atoms with Gasteiger partial charge in [0.2, 0.25) is 17.7 Å². The summed E-state index contributed by atoms with van der Waals surface area (Å²) in [6, 6.07) is 10.8. The molecule has 1 aliphatic rings. The summed E-state index contributed by atoms with van der Waals surface area (Å²) in [5.74, 6) is -2.88. The quantitative estimate of drug-likeness (QED) is 0.660. The number of halogens is 2. The number of rotatable bonds is 6. The minimum Gasteiger partial charge on any atom is -0.348 e. The highest BCUT2D eigenvalue weighted by atomic mass is 19.1. The molecule has 0 unspecified atom stereocenters. The second-order valence-electron chi connectivity index (χ2n) is 7.71. The summed E-state index contributed by atoms with van der Waals surface area (Å²) in [6.07, 6.45) is 1.73. The van der Waals surface area contributed by atoms with Crippen molar-refractivity contribution in [1.82, 2.24) is 16.0 Å². The van der Waals surface area contributed by atoms with Crippen LogP contribution < -0.4 is 16.0 Å². The highest BCUT2D eigenvalue weighted by Gasteiger charge is 2.29. The van der Waals surface area contributed by atoms with Gasteiger partial charge in [-0.25, -0.2) is 8.78 Å². The Morgan fingerprint density at radius 1 is 1.10 bits per heavy atom. The van der Waals surface area contributed by atoms with Crippen LogP contribution in [0.1, 0.15) is 43.4 Å². The minimum absolute atomic E-state index is 0.112. The maximum absolute atomic E-state index is 13.3. The van der Waals surface area contributed by atoms with Crippen molar-refractivity contribution in [2.24, 2.45) is 0 Å². The molecule has 0 radical (unpaired) electrons. The summed E-state index contributed by atoms with van der Waals surface area (Å²) in [5, 5.41) is 8.14. The third-order valence-corrected chi connectivity index (χ3v) is 5.19. The molecule has 0 aromatic heterocycles. The average Bonchev–Trinajstić information content (AvgIpc) is 2.89. The van der Waals surface area contributed by atoms with Crippen LogP contribution in [0.3, 0.4) is 0 Å². The monoisotopic (exact) mass is 429 g/mol. The molecule has 1 heterocycles. The van der Waals surface area contributed by atoms with E-state index in [0.29, 0.717) is 6.42 Å². The molecule has 3 N–H and O–H groups in total. The maximum Gasteiger partial charge on any atom is 0.243 e. The van der Waals surface area contributed by atoms with Crippen LogP contribution in [0.2, 0.25) is 0 Å². The molecule has 2 aromatic rings. The number of hydrogen-bond acceptors (Lipinski definition) is 3. The molecule has 1 saturated heterocycles. The van der Waals surface area contributed by atoms with Gasteiger partial charge in [0.25, 0.3) is 0 Å². The zero-order valence-electron chi connectivity index (χ0n) is 17.2. The predicted octanol–water partition coefficient (Wildman–Crippen LogP) is 2.54. The molecule has 0 bridgehead atoms. The lowest BCUT2D eigenvalue weighted by Gasteiger charge is -2.21. The van der Waals surface area contributed by atoms with Gasteiger partial charge in [0, 0.05) is 6.07 Å². The largest absolute Gasteiger partial charge is 0.348 e. The number of carbonyl (C=O) groups excluding carboxylic acids is 3. The zero-order valence-corrected chi connectivity index (χ0v) is 17.2. The fourth-order valence-electron chi connectivity index (χ4n) is 3.63. The van der Waals surface area contributed by atoms with Crippen LogP contribution in [0, 0.1) is 11.6 Å². The van der Waals surface area contributed by atoms with Crippen molar-refractivity contribution >= 4 is 17.7 Å². The lowest BCUT2D eigenvalue weighted by atomic mass is 10.0. The van der Waals surface area contributed by atoms with Crippen LogP contribution in [-0.4, -0.2) is 29.8 Å². The Bertz CT molecular complexity index is 932. The molecular formula is C23H25F2N3O3. The molecule has 1 fully saturated rings. The SMILES string of the molecule is C[C@H](NC(=O)Cc1cc(F)cc(F)c1)C(=O)N[C@H]1CCC[C@@H](c2ccccc2)NC1=O. The molecule has 164 valence electrons. The molecule has 31 heavy (non-hydrogen) atoms. The van der Waals surface area contributed by atoms with Crippen LogP contribution >= 0.6 is 0 Å². The maximum atomic E-state index is 13.3. The molecule has 0 spiro atoms. The van der Waals surface area contributed by atoms with Gasteiger partial charge in [-0.15, -0.1) is 0 Å². The first-order chi connectivity index (χ1) is 14.8. The number of nitrogens with one attached hydrogen (secondary N) is 3. The lowest BCUT2D eigenvalue weighted by molar-refractivity contribution is -0.131. The van der Waals surface area contributed by atoms with Gasteiger partial charge in [-0.3, -0.25) is 14.4 Å². The van der Waals surface area contributed by atoms with E-state index in [2.05, 4.69) is 16.0 Å². The van der Waals surface area contributed by atoms with Gasteiger partial charge in [-0.05, 0) is 49.4 Å². The number of benzene rings is 2. The molecule has 6 nitrogen and oxygen atoms in total. The van der Waals surface area contributed by atoms with E-state index >= 15 is 0 Å². The van der Waals surface area contributed by atoms with Crippen molar-refractivity contribution < 1.29 is 23.2 Å². The van der Waals surface area contributed by atoms with Gasteiger partial charge < -0.3 is 16.0 Å². The van der Waals surface area contributed by atoms with Crippen molar-refractivity contribution in [3.8, 4) is 0 Å². The van der Waals surface area contributed by atoms with E-state index in [1.807, 2.05) is 30.3 Å². The summed E-state index contributed by atoms with van der Waals surface area (Å²) in [5.41, 5.74) is 1.18.